The lowest BCUT2D eigenvalue weighted by Crippen LogP contribution is -2.30. The van der Waals surface area contributed by atoms with Gasteiger partial charge in [-0.25, -0.2) is 0 Å². The summed E-state index contributed by atoms with van der Waals surface area (Å²) in [4.78, 5) is 25.4. The van der Waals surface area contributed by atoms with E-state index in [-0.39, 0.29) is 25.2 Å². The van der Waals surface area contributed by atoms with E-state index in [0.717, 1.165) is 70.6 Å². The van der Waals surface area contributed by atoms with Crippen LogP contribution in [0.15, 0.2) is 60.8 Å². The van der Waals surface area contributed by atoms with Crippen LogP contribution in [-0.4, -0.2) is 37.9 Å². The molecule has 5 heteroatoms. The molecule has 0 radical (unpaired) electrons. The molecule has 0 spiro atoms. The van der Waals surface area contributed by atoms with E-state index in [4.69, 9.17) is 14.2 Å². The molecule has 0 N–H and O–H groups in total. The van der Waals surface area contributed by atoms with Crippen molar-refractivity contribution in [3.05, 3.63) is 60.8 Å². The van der Waals surface area contributed by atoms with Crippen molar-refractivity contribution >= 4 is 11.9 Å². The number of hydrogen-bond donors (Lipinski definition) is 0. The Kier molecular flexibility index (Phi) is 50.9. The summed E-state index contributed by atoms with van der Waals surface area (Å²) in [6.07, 6.45) is 66.7. The first-order valence-corrected chi connectivity index (χ1v) is 26.8. The van der Waals surface area contributed by atoms with Crippen LogP contribution in [0.3, 0.4) is 0 Å². The quantitative estimate of drug-likeness (QED) is 0.0346. The van der Waals surface area contributed by atoms with Crippen LogP contribution in [0.4, 0.5) is 0 Å². The Morgan fingerprint density at radius 3 is 1.15 bits per heavy atom. The smallest absolute Gasteiger partial charge is 0.306 e. The molecule has 0 aliphatic heterocycles. The van der Waals surface area contributed by atoms with E-state index in [9.17, 15) is 9.59 Å². The van der Waals surface area contributed by atoms with E-state index in [0.29, 0.717) is 19.4 Å². The lowest BCUT2D eigenvalue weighted by Gasteiger charge is -2.18. The van der Waals surface area contributed by atoms with Crippen LogP contribution in [-0.2, 0) is 23.8 Å². The second-order valence-electron chi connectivity index (χ2n) is 17.8. The highest BCUT2D eigenvalue weighted by Gasteiger charge is 2.17. The number of rotatable bonds is 49. The zero-order valence-electron chi connectivity index (χ0n) is 41.4. The number of hydrogen-bond acceptors (Lipinski definition) is 5. The number of allylic oxidation sites excluding steroid dienone is 10. The summed E-state index contributed by atoms with van der Waals surface area (Å²) in [6, 6.07) is 0. The maximum Gasteiger partial charge on any atom is 0.306 e. The van der Waals surface area contributed by atoms with E-state index in [1.807, 2.05) is 0 Å². The molecule has 1 unspecified atom stereocenters. The van der Waals surface area contributed by atoms with Crippen LogP contribution >= 0.6 is 0 Å². The molecule has 1 atom stereocenters. The van der Waals surface area contributed by atoms with Crippen molar-refractivity contribution in [2.75, 3.05) is 19.8 Å². The normalized spacial score (nSPS) is 12.6. The number of carbonyl (C=O) groups is 2. The van der Waals surface area contributed by atoms with Gasteiger partial charge in [-0.2, -0.15) is 0 Å². The third-order valence-electron chi connectivity index (χ3n) is 11.6. The number of unbranched alkanes of at least 4 members (excludes halogenated alkanes) is 28. The molecule has 62 heavy (non-hydrogen) atoms. The van der Waals surface area contributed by atoms with Gasteiger partial charge >= 0.3 is 11.9 Å². The van der Waals surface area contributed by atoms with Gasteiger partial charge in [-0.15, -0.1) is 0 Å². The summed E-state index contributed by atoms with van der Waals surface area (Å²) in [5.74, 6) is -0.454. The molecule has 0 aromatic carbocycles. The van der Waals surface area contributed by atoms with Gasteiger partial charge in [0.05, 0.1) is 6.61 Å². The van der Waals surface area contributed by atoms with E-state index in [1.54, 1.807) is 0 Å². The van der Waals surface area contributed by atoms with Gasteiger partial charge in [0, 0.05) is 19.4 Å². The Morgan fingerprint density at radius 2 is 0.726 bits per heavy atom. The predicted octanol–water partition coefficient (Wildman–Crippen LogP) is 18.1. The van der Waals surface area contributed by atoms with Gasteiger partial charge in [-0.3, -0.25) is 9.59 Å². The Balaban J connectivity index is 4.28. The maximum absolute atomic E-state index is 12.8. The molecule has 360 valence electrons. The average Bonchev–Trinajstić information content (AvgIpc) is 3.27. The minimum atomic E-state index is -0.555. The zero-order chi connectivity index (χ0) is 44.9. The SMILES string of the molecule is CC/C=C\C/C=C\C/C=C\C/C=C\C/C=C\CCCC(=O)OCC(COCCCCCCCCCCCCCCCCCCCC)OC(=O)CCCCCCCCCCCCC. The Bertz CT molecular complexity index is 1070. The second-order valence-corrected chi connectivity index (χ2v) is 17.8. The molecule has 0 aliphatic carbocycles. The van der Waals surface area contributed by atoms with E-state index in [1.165, 1.54) is 161 Å². The lowest BCUT2D eigenvalue weighted by atomic mass is 10.0. The lowest BCUT2D eigenvalue weighted by molar-refractivity contribution is -0.163. The molecule has 5 nitrogen and oxygen atoms in total. The van der Waals surface area contributed by atoms with Gasteiger partial charge < -0.3 is 14.2 Å². The van der Waals surface area contributed by atoms with Crippen molar-refractivity contribution in [1.82, 2.24) is 0 Å². The van der Waals surface area contributed by atoms with Crippen LogP contribution in [0.1, 0.15) is 265 Å². The average molecular weight is 867 g/mol. The van der Waals surface area contributed by atoms with E-state index >= 15 is 0 Å². The molecule has 0 bridgehead atoms. The fourth-order valence-corrected chi connectivity index (χ4v) is 7.61. The zero-order valence-corrected chi connectivity index (χ0v) is 41.4. The van der Waals surface area contributed by atoms with Crippen molar-refractivity contribution < 1.29 is 23.8 Å². The van der Waals surface area contributed by atoms with Crippen molar-refractivity contribution in [3.63, 3.8) is 0 Å². The van der Waals surface area contributed by atoms with Crippen LogP contribution in [0.25, 0.3) is 0 Å². The van der Waals surface area contributed by atoms with Gasteiger partial charge in [-0.05, 0) is 57.8 Å². The summed E-state index contributed by atoms with van der Waals surface area (Å²) in [5.41, 5.74) is 0. The van der Waals surface area contributed by atoms with Crippen molar-refractivity contribution in [2.24, 2.45) is 0 Å². The largest absolute Gasteiger partial charge is 0.462 e. The summed E-state index contributed by atoms with van der Waals surface area (Å²) < 4.78 is 17.4. The summed E-state index contributed by atoms with van der Waals surface area (Å²) >= 11 is 0. The molecule has 0 saturated heterocycles. The first-order chi connectivity index (χ1) is 30.6. The van der Waals surface area contributed by atoms with Gasteiger partial charge in [0.2, 0.25) is 0 Å². The molecule has 0 aliphatic rings. The van der Waals surface area contributed by atoms with Crippen LogP contribution in [0, 0.1) is 0 Å². The summed E-state index contributed by atoms with van der Waals surface area (Å²) in [5, 5.41) is 0. The van der Waals surface area contributed by atoms with Gasteiger partial charge in [0.1, 0.15) is 6.61 Å². The van der Waals surface area contributed by atoms with Gasteiger partial charge in [-0.1, -0.05) is 255 Å². The first kappa shape index (κ1) is 59.6. The van der Waals surface area contributed by atoms with Crippen molar-refractivity contribution in [1.29, 1.82) is 0 Å². The Hall–Kier alpha value is -2.40. The molecule has 0 aromatic heterocycles. The number of carbonyl (C=O) groups excluding carboxylic acids is 2. The van der Waals surface area contributed by atoms with Crippen LogP contribution in [0.2, 0.25) is 0 Å². The molecule has 0 saturated carbocycles. The highest BCUT2D eigenvalue weighted by Crippen LogP contribution is 2.16. The fraction of sp³-hybridized carbons (Fsp3) is 0.789. The molecule has 0 rings (SSSR count). The number of ether oxygens (including phenoxy) is 3. The fourth-order valence-electron chi connectivity index (χ4n) is 7.61. The van der Waals surface area contributed by atoms with Crippen LogP contribution < -0.4 is 0 Å². The third kappa shape index (κ3) is 50.2. The third-order valence-corrected chi connectivity index (χ3v) is 11.6. The van der Waals surface area contributed by atoms with E-state index in [2.05, 4.69) is 81.5 Å². The Labute approximate surface area is 385 Å². The van der Waals surface area contributed by atoms with Crippen molar-refractivity contribution in [3.8, 4) is 0 Å². The molecule has 0 fully saturated rings. The topological polar surface area (TPSA) is 61.8 Å². The molecule has 0 aromatic rings. The molecule has 0 heterocycles. The maximum atomic E-state index is 12.8. The predicted molar refractivity (Wildman–Crippen MR) is 270 cm³/mol. The second kappa shape index (κ2) is 52.9. The van der Waals surface area contributed by atoms with Crippen LogP contribution in [0.5, 0.6) is 0 Å². The molecule has 0 amide bonds. The van der Waals surface area contributed by atoms with E-state index < -0.39 is 6.10 Å². The number of esters is 2. The van der Waals surface area contributed by atoms with Crippen molar-refractivity contribution in [2.45, 2.75) is 271 Å². The summed E-state index contributed by atoms with van der Waals surface area (Å²) in [6.45, 7) is 7.69. The standard InChI is InChI=1S/C57H102O5/c1-4-7-10-13-16-19-22-24-26-28-30-32-34-37-40-43-46-49-52-60-53-55(62-57(59)51-48-45-42-39-35-21-18-15-12-9-6-3)54-61-56(58)50-47-44-41-38-36-33-31-29-27-25-23-20-17-14-11-8-5-2/h8,11,17,20,25,27,31,33,38,41,55H,4-7,9-10,12-16,18-19,21-24,26,28-30,32,34-37,39-40,42-54H2,1-3H3/b11-8-,20-17-,27-25-,33-31-,41-38-. The molecular weight excluding hydrogens is 765 g/mol. The minimum absolute atomic E-state index is 0.0592. The first-order valence-electron chi connectivity index (χ1n) is 26.8. The summed E-state index contributed by atoms with van der Waals surface area (Å²) in [7, 11) is 0. The molecular formula is C57H102O5. The Morgan fingerprint density at radius 1 is 0.371 bits per heavy atom. The minimum Gasteiger partial charge on any atom is -0.462 e. The monoisotopic (exact) mass is 867 g/mol. The highest BCUT2D eigenvalue weighted by atomic mass is 16.6. The highest BCUT2D eigenvalue weighted by molar-refractivity contribution is 5.70. The van der Waals surface area contributed by atoms with Gasteiger partial charge in [0.15, 0.2) is 6.10 Å². The van der Waals surface area contributed by atoms with Gasteiger partial charge in [0.25, 0.3) is 0 Å².